The molecule has 0 bridgehead atoms. The highest BCUT2D eigenvalue weighted by Crippen LogP contribution is 2.29. The van der Waals surface area contributed by atoms with E-state index >= 15 is 0 Å². The molecule has 25 heavy (non-hydrogen) atoms. The second-order valence-corrected chi connectivity index (χ2v) is 5.95. The van der Waals surface area contributed by atoms with E-state index in [4.69, 9.17) is 5.11 Å². The molecule has 2 amide bonds. The number of halogens is 3. The van der Waals surface area contributed by atoms with Gasteiger partial charge in [0.2, 0.25) is 0 Å². The Balaban J connectivity index is 0.000000550. The van der Waals surface area contributed by atoms with Gasteiger partial charge in [-0.3, -0.25) is 0 Å². The number of hydrogen-bond acceptors (Lipinski definition) is 4. The van der Waals surface area contributed by atoms with E-state index in [1.54, 1.807) is 0 Å². The molecule has 0 radical (unpaired) electrons. The van der Waals surface area contributed by atoms with Crippen LogP contribution in [-0.4, -0.2) is 42.6 Å². The maximum atomic E-state index is 12.4. The summed E-state index contributed by atoms with van der Waals surface area (Å²) < 4.78 is 37.2. The molecule has 0 unspecified atom stereocenters. The van der Waals surface area contributed by atoms with Crippen LogP contribution >= 0.6 is 12.6 Å². The molecule has 2 rings (SSSR count). The number of hydrogen-bond donors (Lipinski definition) is 5. The zero-order valence-electron chi connectivity index (χ0n) is 13.8. The van der Waals surface area contributed by atoms with Crippen molar-refractivity contribution in [3.05, 3.63) is 29.8 Å². The third-order valence-corrected chi connectivity index (χ3v) is 3.78. The Hall–Kier alpha value is -1.45. The lowest BCUT2D eigenvalue weighted by Gasteiger charge is -2.23. The number of alkyl halides is 3. The lowest BCUT2D eigenvalue weighted by Crippen LogP contribution is -2.44. The summed E-state index contributed by atoms with van der Waals surface area (Å²) >= 11 is 3.84. The second-order valence-electron chi connectivity index (χ2n) is 5.50. The zero-order valence-corrected chi connectivity index (χ0v) is 14.7. The summed E-state index contributed by atoms with van der Waals surface area (Å²) in [6, 6.07) is 4.08. The van der Waals surface area contributed by atoms with Crippen LogP contribution in [0.4, 0.5) is 23.7 Å². The van der Waals surface area contributed by atoms with Gasteiger partial charge in [-0.15, -0.1) is 0 Å². The first-order valence-corrected chi connectivity index (χ1v) is 8.67. The molecular formula is C16H24F3N3O2S. The van der Waals surface area contributed by atoms with Crippen molar-refractivity contribution in [2.75, 3.05) is 30.8 Å². The van der Waals surface area contributed by atoms with Crippen LogP contribution in [0.25, 0.3) is 0 Å². The van der Waals surface area contributed by atoms with Gasteiger partial charge in [-0.25, -0.2) is 4.79 Å². The number of piperidine rings is 1. The molecule has 5 nitrogen and oxygen atoms in total. The van der Waals surface area contributed by atoms with Crippen molar-refractivity contribution in [1.82, 2.24) is 10.6 Å². The fourth-order valence-electron chi connectivity index (χ4n) is 2.13. The van der Waals surface area contributed by atoms with Crippen molar-refractivity contribution in [1.29, 1.82) is 0 Å². The van der Waals surface area contributed by atoms with Gasteiger partial charge in [-0.1, -0.05) is 0 Å². The SMILES string of the molecule is O=C(Nc1ccc(C(F)(F)F)cc1)NC1CCNCC1.OCCCS. The van der Waals surface area contributed by atoms with Gasteiger partial charge in [0.15, 0.2) is 0 Å². The van der Waals surface area contributed by atoms with E-state index in [0.717, 1.165) is 50.2 Å². The van der Waals surface area contributed by atoms with Crippen molar-refractivity contribution in [2.45, 2.75) is 31.5 Å². The molecule has 1 aliphatic rings. The minimum atomic E-state index is -4.37. The molecule has 0 atom stereocenters. The van der Waals surface area contributed by atoms with Crippen molar-refractivity contribution in [3.8, 4) is 0 Å². The van der Waals surface area contributed by atoms with Gasteiger partial charge in [-0.2, -0.15) is 25.8 Å². The Morgan fingerprint density at radius 2 is 1.84 bits per heavy atom. The lowest BCUT2D eigenvalue weighted by atomic mass is 10.1. The Morgan fingerprint density at radius 3 is 2.28 bits per heavy atom. The molecule has 0 saturated carbocycles. The van der Waals surface area contributed by atoms with E-state index in [0.29, 0.717) is 5.69 Å². The van der Waals surface area contributed by atoms with Crippen molar-refractivity contribution < 1.29 is 23.1 Å². The minimum Gasteiger partial charge on any atom is -0.396 e. The molecule has 9 heteroatoms. The first-order chi connectivity index (χ1) is 11.9. The van der Waals surface area contributed by atoms with Crippen LogP contribution in [0.5, 0.6) is 0 Å². The number of anilines is 1. The maximum Gasteiger partial charge on any atom is 0.416 e. The Kier molecular flexibility index (Phi) is 9.69. The van der Waals surface area contributed by atoms with Crippen LogP contribution in [0.1, 0.15) is 24.8 Å². The number of benzene rings is 1. The average molecular weight is 379 g/mol. The second kappa shape index (κ2) is 11.2. The number of aliphatic hydroxyl groups is 1. The van der Waals surface area contributed by atoms with Crippen molar-refractivity contribution >= 4 is 24.3 Å². The number of amides is 2. The van der Waals surface area contributed by atoms with E-state index in [1.165, 1.54) is 12.1 Å². The molecule has 1 aromatic carbocycles. The van der Waals surface area contributed by atoms with E-state index in [2.05, 4.69) is 28.6 Å². The summed E-state index contributed by atoms with van der Waals surface area (Å²) in [7, 11) is 0. The summed E-state index contributed by atoms with van der Waals surface area (Å²) in [6.07, 6.45) is -1.86. The number of urea groups is 1. The Labute approximate surface area is 150 Å². The highest BCUT2D eigenvalue weighted by molar-refractivity contribution is 7.80. The zero-order chi connectivity index (χ0) is 18.7. The van der Waals surface area contributed by atoms with Crippen LogP contribution < -0.4 is 16.0 Å². The van der Waals surface area contributed by atoms with Crippen LogP contribution in [0.3, 0.4) is 0 Å². The lowest BCUT2D eigenvalue weighted by molar-refractivity contribution is -0.137. The smallest absolute Gasteiger partial charge is 0.396 e. The van der Waals surface area contributed by atoms with Gasteiger partial charge < -0.3 is 21.1 Å². The average Bonchev–Trinajstić information content (AvgIpc) is 2.56. The van der Waals surface area contributed by atoms with Crippen LogP contribution in [-0.2, 0) is 6.18 Å². The molecule has 0 aliphatic carbocycles. The number of carbonyl (C=O) groups is 1. The van der Waals surface area contributed by atoms with E-state index in [1.807, 2.05) is 0 Å². The van der Waals surface area contributed by atoms with Crippen molar-refractivity contribution in [2.24, 2.45) is 0 Å². The molecule has 1 saturated heterocycles. The third kappa shape index (κ3) is 8.99. The van der Waals surface area contributed by atoms with Gasteiger partial charge in [0.25, 0.3) is 0 Å². The topological polar surface area (TPSA) is 73.4 Å². The molecule has 1 heterocycles. The largest absolute Gasteiger partial charge is 0.416 e. The Morgan fingerprint density at radius 1 is 1.24 bits per heavy atom. The number of carbonyl (C=O) groups excluding carboxylic acids is 1. The van der Waals surface area contributed by atoms with Crippen LogP contribution in [0.15, 0.2) is 24.3 Å². The quantitative estimate of drug-likeness (QED) is 0.523. The van der Waals surface area contributed by atoms with Crippen LogP contribution in [0, 0.1) is 0 Å². The fourth-order valence-corrected chi connectivity index (χ4v) is 2.27. The molecule has 0 spiro atoms. The summed E-state index contributed by atoms with van der Waals surface area (Å²) in [5.41, 5.74) is -0.397. The number of nitrogens with one attached hydrogen (secondary N) is 3. The first-order valence-electron chi connectivity index (χ1n) is 8.04. The minimum absolute atomic E-state index is 0.102. The van der Waals surface area contributed by atoms with Gasteiger partial charge in [0.05, 0.1) is 5.56 Å². The summed E-state index contributed by atoms with van der Waals surface area (Å²) in [5.74, 6) is 0.788. The monoisotopic (exact) mass is 379 g/mol. The van der Waals surface area contributed by atoms with E-state index < -0.39 is 17.8 Å². The van der Waals surface area contributed by atoms with Gasteiger partial charge in [0.1, 0.15) is 0 Å². The van der Waals surface area contributed by atoms with Gasteiger partial charge >= 0.3 is 12.2 Å². The van der Waals surface area contributed by atoms with Gasteiger partial charge in [-0.05, 0) is 62.4 Å². The molecular weight excluding hydrogens is 355 g/mol. The predicted octanol–water partition coefficient (Wildman–Crippen LogP) is 2.88. The molecule has 1 aromatic rings. The molecule has 1 aliphatic heterocycles. The molecule has 0 aromatic heterocycles. The van der Waals surface area contributed by atoms with Crippen LogP contribution in [0.2, 0.25) is 0 Å². The predicted molar refractivity (Wildman–Crippen MR) is 95.0 cm³/mol. The van der Waals surface area contributed by atoms with Crippen molar-refractivity contribution in [3.63, 3.8) is 0 Å². The normalized spacial score (nSPS) is 15.1. The highest BCUT2D eigenvalue weighted by atomic mass is 32.1. The summed E-state index contributed by atoms with van der Waals surface area (Å²) in [4.78, 5) is 11.7. The first kappa shape index (κ1) is 21.6. The molecule has 4 N–H and O–H groups in total. The van der Waals surface area contributed by atoms with E-state index in [-0.39, 0.29) is 12.6 Å². The highest BCUT2D eigenvalue weighted by Gasteiger charge is 2.30. The Bertz CT molecular complexity index is 504. The number of aliphatic hydroxyl groups excluding tert-OH is 1. The third-order valence-electron chi connectivity index (χ3n) is 3.46. The van der Waals surface area contributed by atoms with E-state index in [9.17, 15) is 18.0 Å². The number of rotatable bonds is 4. The molecule has 1 fully saturated rings. The summed E-state index contributed by atoms with van der Waals surface area (Å²) in [6.45, 7) is 1.97. The maximum absolute atomic E-state index is 12.4. The number of thiol groups is 1. The summed E-state index contributed by atoms with van der Waals surface area (Å²) in [5, 5.41) is 16.5. The van der Waals surface area contributed by atoms with Gasteiger partial charge in [0, 0.05) is 18.3 Å². The standard InChI is InChI=1S/C13H16F3N3O.C3H8OS/c14-13(15,16)9-1-3-10(4-2-9)18-12(20)19-11-5-7-17-8-6-11;4-2-1-3-5/h1-4,11,17H,5-8H2,(H2,18,19,20);4-5H,1-3H2. The molecule has 142 valence electrons. The fraction of sp³-hybridized carbons (Fsp3) is 0.562.